The molecule has 8 nitrogen and oxygen atoms in total. The van der Waals surface area contributed by atoms with E-state index in [0.29, 0.717) is 18.0 Å². The zero-order valence-electron chi connectivity index (χ0n) is 25.4. The zero-order valence-corrected chi connectivity index (χ0v) is 27.8. The molecule has 0 aliphatic carbocycles. The first-order chi connectivity index (χ1) is 21.7. The summed E-state index contributed by atoms with van der Waals surface area (Å²) in [5.41, 5.74) is 2.01. The van der Waals surface area contributed by atoms with Gasteiger partial charge in [0.2, 0.25) is 11.8 Å². The third-order valence-electron chi connectivity index (χ3n) is 7.34. The summed E-state index contributed by atoms with van der Waals surface area (Å²) >= 11 is 3.46. The Morgan fingerprint density at radius 1 is 0.844 bits per heavy atom. The molecule has 0 heterocycles. The Morgan fingerprint density at radius 2 is 1.47 bits per heavy atom. The molecule has 4 aromatic carbocycles. The Hall–Kier alpha value is -4.15. The molecule has 10 heteroatoms. The lowest BCUT2D eigenvalue weighted by Crippen LogP contribution is -2.53. The summed E-state index contributed by atoms with van der Waals surface area (Å²) < 4.78 is 35.4. The van der Waals surface area contributed by atoms with Gasteiger partial charge in [0.1, 0.15) is 18.3 Å². The van der Waals surface area contributed by atoms with Crippen molar-refractivity contribution in [3.8, 4) is 5.75 Å². The minimum Gasteiger partial charge on any atom is -0.497 e. The molecule has 0 saturated carbocycles. The third-order valence-corrected chi connectivity index (χ3v) is 9.65. The average molecular weight is 693 g/mol. The largest absolute Gasteiger partial charge is 0.497 e. The predicted molar refractivity (Wildman–Crippen MR) is 181 cm³/mol. The van der Waals surface area contributed by atoms with E-state index in [0.717, 1.165) is 32.7 Å². The Balaban J connectivity index is 1.76. The van der Waals surface area contributed by atoms with Gasteiger partial charge in [-0.15, -0.1) is 0 Å². The van der Waals surface area contributed by atoms with Crippen molar-refractivity contribution in [1.29, 1.82) is 0 Å². The number of sulfonamides is 1. The number of nitrogens with zero attached hydrogens (tertiary/aromatic N) is 2. The van der Waals surface area contributed by atoms with Crippen LogP contribution in [0.15, 0.2) is 119 Å². The highest BCUT2D eigenvalue weighted by Gasteiger charge is 2.34. The first-order valence-corrected chi connectivity index (χ1v) is 17.0. The lowest BCUT2D eigenvalue weighted by Gasteiger charge is -2.34. The maximum atomic E-state index is 14.5. The van der Waals surface area contributed by atoms with Crippen molar-refractivity contribution in [2.75, 3.05) is 24.5 Å². The van der Waals surface area contributed by atoms with E-state index in [4.69, 9.17) is 4.74 Å². The smallest absolute Gasteiger partial charge is 0.264 e. The van der Waals surface area contributed by atoms with Gasteiger partial charge in [0.25, 0.3) is 10.0 Å². The van der Waals surface area contributed by atoms with Gasteiger partial charge in [0, 0.05) is 24.0 Å². The molecule has 0 spiro atoms. The molecule has 1 N–H and O–H groups in total. The van der Waals surface area contributed by atoms with Crippen molar-refractivity contribution in [1.82, 2.24) is 10.2 Å². The molecule has 0 aromatic heterocycles. The minimum atomic E-state index is -4.19. The zero-order chi connectivity index (χ0) is 32.2. The summed E-state index contributed by atoms with van der Waals surface area (Å²) in [7, 11) is -2.68. The van der Waals surface area contributed by atoms with Gasteiger partial charge in [0.15, 0.2) is 0 Å². The van der Waals surface area contributed by atoms with Crippen molar-refractivity contribution >= 4 is 43.5 Å². The molecule has 236 valence electrons. The number of benzene rings is 4. The number of carbonyl (C=O) groups is 2. The predicted octanol–water partition coefficient (Wildman–Crippen LogP) is 6.21. The Morgan fingerprint density at radius 3 is 2.07 bits per heavy atom. The summed E-state index contributed by atoms with van der Waals surface area (Å²) in [5, 5.41) is 3.00. The molecule has 0 fully saturated rings. The van der Waals surface area contributed by atoms with Crippen LogP contribution in [0, 0.1) is 0 Å². The standard InChI is InChI=1S/C35H38BrN3O5S/c1-3-4-23-37-35(41)33(24-27-11-7-5-8-12-27)38(25-28-15-17-29(36)18-16-28)34(40)26-39(30-13-9-6-10-14-30)45(42,43)32-21-19-31(44-2)20-22-32/h5-22,33H,3-4,23-26H2,1-2H3,(H,37,41)/t33-/m1/s1. The topological polar surface area (TPSA) is 96.0 Å². The van der Waals surface area contributed by atoms with E-state index in [9.17, 15) is 18.0 Å². The first kappa shape index (κ1) is 33.7. The van der Waals surface area contributed by atoms with E-state index >= 15 is 0 Å². The summed E-state index contributed by atoms with van der Waals surface area (Å²) in [6.45, 7) is 2.11. The van der Waals surface area contributed by atoms with Crippen molar-refractivity contribution in [3.05, 3.63) is 125 Å². The van der Waals surface area contributed by atoms with Gasteiger partial charge in [-0.2, -0.15) is 0 Å². The number of nitrogens with one attached hydrogen (secondary N) is 1. The number of hydrogen-bond acceptors (Lipinski definition) is 5. The van der Waals surface area contributed by atoms with E-state index in [1.54, 1.807) is 42.5 Å². The molecule has 0 bridgehead atoms. The van der Waals surface area contributed by atoms with E-state index in [-0.39, 0.29) is 23.8 Å². The highest BCUT2D eigenvalue weighted by Crippen LogP contribution is 2.26. The summed E-state index contributed by atoms with van der Waals surface area (Å²) in [4.78, 5) is 29.8. The van der Waals surface area contributed by atoms with E-state index < -0.39 is 28.5 Å². The van der Waals surface area contributed by atoms with E-state index in [1.807, 2.05) is 61.5 Å². The van der Waals surface area contributed by atoms with Crippen LogP contribution in [0.4, 0.5) is 5.69 Å². The van der Waals surface area contributed by atoms with Crippen molar-refractivity contribution in [2.45, 2.75) is 43.7 Å². The second-order valence-corrected chi connectivity index (χ2v) is 13.3. The normalized spacial score (nSPS) is 11.8. The Labute approximate surface area is 274 Å². The number of unbranched alkanes of at least 4 members (excludes halogenated alkanes) is 1. The van der Waals surface area contributed by atoms with E-state index in [1.165, 1.54) is 24.1 Å². The molecule has 2 amide bonds. The maximum Gasteiger partial charge on any atom is 0.264 e. The number of rotatable bonds is 15. The highest BCUT2D eigenvalue weighted by atomic mass is 79.9. The Kier molecular flexibility index (Phi) is 12.2. The molecule has 4 rings (SSSR count). The molecule has 0 unspecified atom stereocenters. The average Bonchev–Trinajstić information content (AvgIpc) is 3.06. The fourth-order valence-corrected chi connectivity index (χ4v) is 6.52. The molecule has 0 aliphatic heterocycles. The number of hydrogen-bond donors (Lipinski definition) is 1. The molecule has 0 radical (unpaired) electrons. The van der Waals surface area contributed by atoms with Crippen LogP contribution in [0.5, 0.6) is 5.75 Å². The van der Waals surface area contributed by atoms with Crippen LogP contribution in [-0.2, 0) is 32.6 Å². The molecular formula is C35H38BrN3O5S. The number of ether oxygens (including phenoxy) is 1. The van der Waals surface area contributed by atoms with Crippen molar-refractivity contribution < 1.29 is 22.7 Å². The molecule has 0 saturated heterocycles. The van der Waals surface area contributed by atoms with Crippen LogP contribution in [0.25, 0.3) is 0 Å². The summed E-state index contributed by atoms with van der Waals surface area (Å²) in [6.07, 6.45) is 1.96. The summed E-state index contributed by atoms with van der Waals surface area (Å²) in [6, 6.07) is 30.6. The number of amides is 2. The fraction of sp³-hybridized carbons (Fsp3) is 0.257. The number of anilines is 1. The van der Waals surface area contributed by atoms with Gasteiger partial charge >= 0.3 is 0 Å². The van der Waals surface area contributed by atoms with Gasteiger partial charge in [-0.05, 0) is 66.1 Å². The Bertz CT molecular complexity index is 1630. The highest BCUT2D eigenvalue weighted by molar-refractivity contribution is 9.10. The number of carbonyl (C=O) groups excluding carboxylic acids is 2. The van der Waals surface area contributed by atoms with Crippen molar-refractivity contribution in [2.24, 2.45) is 0 Å². The SMILES string of the molecule is CCCCNC(=O)[C@@H](Cc1ccccc1)N(Cc1ccc(Br)cc1)C(=O)CN(c1ccccc1)S(=O)(=O)c1ccc(OC)cc1. The fourth-order valence-electron chi connectivity index (χ4n) is 4.84. The second-order valence-electron chi connectivity index (χ2n) is 10.5. The quantitative estimate of drug-likeness (QED) is 0.150. The molecular weight excluding hydrogens is 654 g/mol. The van der Waals surface area contributed by atoms with E-state index in [2.05, 4.69) is 21.2 Å². The molecule has 4 aromatic rings. The van der Waals surface area contributed by atoms with Crippen molar-refractivity contribution in [3.63, 3.8) is 0 Å². The summed E-state index contributed by atoms with van der Waals surface area (Å²) in [5.74, 6) is -0.290. The van der Waals surface area contributed by atoms with Crippen LogP contribution in [0.2, 0.25) is 0 Å². The third kappa shape index (κ3) is 9.18. The maximum absolute atomic E-state index is 14.5. The van der Waals surface area contributed by atoms with Gasteiger partial charge in [0.05, 0.1) is 17.7 Å². The lowest BCUT2D eigenvalue weighted by atomic mass is 10.0. The molecule has 0 aliphatic rings. The van der Waals surface area contributed by atoms with Crippen LogP contribution in [-0.4, -0.2) is 51.4 Å². The number of para-hydroxylation sites is 1. The second kappa shape index (κ2) is 16.2. The van der Waals surface area contributed by atoms with Gasteiger partial charge in [-0.1, -0.05) is 89.9 Å². The van der Waals surface area contributed by atoms with Gasteiger partial charge in [-0.25, -0.2) is 8.42 Å². The van der Waals surface area contributed by atoms with Gasteiger partial charge < -0.3 is 15.0 Å². The van der Waals surface area contributed by atoms with Crippen LogP contribution >= 0.6 is 15.9 Å². The molecule has 1 atom stereocenters. The van der Waals surface area contributed by atoms with Gasteiger partial charge in [-0.3, -0.25) is 13.9 Å². The van der Waals surface area contributed by atoms with Crippen LogP contribution in [0.3, 0.4) is 0 Å². The van der Waals surface area contributed by atoms with Crippen LogP contribution < -0.4 is 14.4 Å². The molecule has 45 heavy (non-hydrogen) atoms. The minimum absolute atomic E-state index is 0.0116. The lowest BCUT2D eigenvalue weighted by molar-refractivity contribution is -0.140. The van der Waals surface area contributed by atoms with Crippen LogP contribution in [0.1, 0.15) is 30.9 Å². The first-order valence-electron chi connectivity index (χ1n) is 14.8. The number of methoxy groups -OCH3 is 1. The number of halogens is 1. The monoisotopic (exact) mass is 691 g/mol.